The summed E-state index contributed by atoms with van der Waals surface area (Å²) >= 11 is 5.16. The Morgan fingerprint density at radius 1 is 1.10 bits per heavy atom. The Hall–Kier alpha value is -2.07. The van der Waals surface area contributed by atoms with Gasteiger partial charge in [-0.15, -0.1) is 0 Å². The van der Waals surface area contributed by atoms with Crippen LogP contribution in [0.15, 0.2) is 54.6 Å². The molecule has 0 atom stereocenters. The molecule has 0 saturated heterocycles. The average Bonchev–Trinajstić information content (AvgIpc) is 2.47. The largest absolute Gasteiger partial charge is 0.489 e. The quantitative estimate of drug-likeness (QED) is 0.823. The second-order valence-corrected chi connectivity index (χ2v) is 4.69. The Labute approximate surface area is 125 Å². The molecule has 4 heteroatoms. The van der Waals surface area contributed by atoms with Gasteiger partial charge in [0.15, 0.2) is 5.11 Å². The smallest absolute Gasteiger partial charge is 0.170 e. The average molecular weight is 286 g/mol. The third-order valence-corrected chi connectivity index (χ3v) is 2.92. The minimum Gasteiger partial charge on any atom is -0.489 e. The topological polar surface area (TPSA) is 33.3 Å². The molecule has 0 amide bonds. The van der Waals surface area contributed by atoms with E-state index in [0.29, 0.717) is 11.7 Å². The zero-order chi connectivity index (χ0) is 14.2. The molecule has 0 unspecified atom stereocenters. The number of hydrogen-bond acceptors (Lipinski definition) is 2. The molecule has 0 aliphatic heterocycles. The zero-order valence-electron chi connectivity index (χ0n) is 11.4. The molecule has 0 radical (unpaired) electrons. The van der Waals surface area contributed by atoms with Gasteiger partial charge in [0, 0.05) is 18.3 Å². The summed E-state index contributed by atoms with van der Waals surface area (Å²) in [5.74, 6) is 0.818. The summed E-state index contributed by atoms with van der Waals surface area (Å²) in [6.45, 7) is 3.37. The fraction of sp³-hybridized carbons (Fsp3) is 0.188. The van der Waals surface area contributed by atoms with E-state index in [1.165, 1.54) is 0 Å². The number of hydrogen-bond donors (Lipinski definition) is 2. The first-order chi connectivity index (χ1) is 9.78. The summed E-state index contributed by atoms with van der Waals surface area (Å²) in [5.41, 5.74) is 2.07. The molecule has 0 fully saturated rings. The molecule has 3 nitrogen and oxygen atoms in total. The van der Waals surface area contributed by atoms with Crippen LogP contribution in [0.1, 0.15) is 12.5 Å². The van der Waals surface area contributed by atoms with Crippen LogP contribution < -0.4 is 15.4 Å². The molecule has 0 spiro atoms. The van der Waals surface area contributed by atoms with Gasteiger partial charge in [-0.05, 0) is 36.8 Å². The van der Waals surface area contributed by atoms with E-state index in [2.05, 4.69) is 10.6 Å². The molecule has 2 N–H and O–H groups in total. The molecule has 0 saturated carbocycles. The second kappa shape index (κ2) is 7.50. The van der Waals surface area contributed by atoms with Crippen LogP contribution in [-0.2, 0) is 6.61 Å². The maximum atomic E-state index is 5.77. The Bertz CT molecular complexity index is 557. The maximum absolute atomic E-state index is 5.77. The van der Waals surface area contributed by atoms with E-state index in [-0.39, 0.29) is 0 Å². The number of rotatable bonds is 5. The fourth-order valence-corrected chi connectivity index (χ4v) is 2.00. The molecule has 104 valence electrons. The molecular weight excluding hydrogens is 268 g/mol. The van der Waals surface area contributed by atoms with Gasteiger partial charge in [-0.1, -0.05) is 36.4 Å². The lowest BCUT2D eigenvalue weighted by Crippen LogP contribution is -2.27. The van der Waals surface area contributed by atoms with E-state index in [4.69, 9.17) is 17.0 Å². The summed E-state index contributed by atoms with van der Waals surface area (Å²) in [6, 6.07) is 17.9. The van der Waals surface area contributed by atoms with E-state index in [1.807, 2.05) is 61.5 Å². The van der Waals surface area contributed by atoms with Gasteiger partial charge < -0.3 is 15.4 Å². The lowest BCUT2D eigenvalue weighted by atomic mass is 10.2. The van der Waals surface area contributed by atoms with Gasteiger partial charge in [-0.2, -0.15) is 0 Å². The van der Waals surface area contributed by atoms with Crippen LogP contribution in [0.25, 0.3) is 0 Å². The molecule has 2 rings (SSSR count). The van der Waals surface area contributed by atoms with Crippen molar-refractivity contribution in [3.8, 4) is 5.75 Å². The third kappa shape index (κ3) is 4.55. The molecule has 2 aromatic rings. The van der Waals surface area contributed by atoms with Crippen LogP contribution in [0.4, 0.5) is 5.69 Å². The van der Waals surface area contributed by atoms with Gasteiger partial charge in [0.25, 0.3) is 0 Å². The zero-order valence-corrected chi connectivity index (χ0v) is 12.2. The summed E-state index contributed by atoms with van der Waals surface area (Å²) in [6.07, 6.45) is 0. The SMILES string of the molecule is CCNC(=S)Nc1cccc(OCc2ccccc2)c1. The minimum absolute atomic E-state index is 0.557. The Balaban J connectivity index is 1.94. The van der Waals surface area contributed by atoms with Gasteiger partial charge in [0.2, 0.25) is 0 Å². The number of ether oxygens (including phenoxy) is 1. The second-order valence-electron chi connectivity index (χ2n) is 4.29. The van der Waals surface area contributed by atoms with Crippen LogP contribution in [-0.4, -0.2) is 11.7 Å². The van der Waals surface area contributed by atoms with Crippen molar-refractivity contribution >= 4 is 23.0 Å². The Morgan fingerprint density at radius 2 is 1.90 bits per heavy atom. The van der Waals surface area contributed by atoms with Crippen LogP contribution in [0, 0.1) is 0 Å². The number of anilines is 1. The first-order valence-corrected chi connectivity index (χ1v) is 7.00. The van der Waals surface area contributed by atoms with E-state index in [1.54, 1.807) is 0 Å². The number of benzene rings is 2. The van der Waals surface area contributed by atoms with E-state index >= 15 is 0 Å². The maximum Gasteiger partial charge on any atom is 0.170 e. The van der Waals surface area contributed by atoms with Crippen LogP contribution in [0.3, 0.4) is 0 Å². The van der Waals surface area contributed by atoms with Gasteiger partial charge in [-0.3, -0.25) is 0 Å². The molecule has 0 heterocycles. The van der Waals surface area contributed by atoms with Crippen molar-refractivity contribution in [2.24, 2.45) is 0 Å². The molecule has 0 bridgehead atoms. The number of nitrogens with one attached hydrogen (secondary N) is 2. The highest BCUT2D eigenvalue weighted by molar-refractivity contribution is 7.80. The highest BCUT2D eigenvalue weighted by atomic mass is 32.1. The molecule has 0 aromatic heterocycles. The predicted octanol–water partition coefficient (Wildman–Crippen LogP) is 3.57. The Kier molecular flexibility index (Phi) is 5.38. The standard InChI is InChI=1S/C16H18N2OS/c1-2-17-16(20)18-14-9-6-10-15(11-14)19-12-13-7-4-3-5-8-13/h3-11H,2,12H2,1H3,(H2,17,18,20). The fourth-order valence-electron chi connectivity index (χ4n) is 1.74. The lowest BCUT2D eigenvalue weighted by Gasteiger charge is -2.11. The highest BCUT2D eigenvalue weighted by Gasteiger charge is 1.99. The van der Waals surface area contributed by atoms with Crippen molar-refractivity contribution in [3.05, 3.63) is 60.2 Å². The van der Waals surface area contributed by atoms with E-state index in [9.17, 15) is 0 Å². The molecule has 20 heavy (non-hydrogen) atoms. The van der Waals surface area contributed by atoms with Crippen molar-refractivity contribution in [1.29, 1.82) is 0 Å². The molecule has 0 aliphatic rings. The summed E-state index contributed by atoms with van der Waals surface area (Å²) in [5, 5.41) is 6.79. The van der Waals surface area contributed by atoms with E-state index < -0.39 is 0 Å². The summed E-state index contributed by atoms with van der Waals surface area (Å²) < 4.78 is 5.77. The minimum atomic E-state index is 0.557. The van der Waals surface area contributed by atoms with Crippen LogP contribution in [0.5, 0.6) is 5.75 Å². The third-order valence-electron chi connectivity index (χ3n) is 2.68. The van der Waals surface area contributed by atoms with Crippen molar-refractivity contribution in [1.82, 2.24) is 5.32 Å². The lowest BCUT2D eigenvalue weighted by molar-refractivity contribution is 0.306. The number of thiocarbonyl (C=S) groups is 1. The van der Waals surface area contributed by atoms with Crippen molar-refractivity contribution < 1.29 is 4.74 Å². The van der Waals surface area contributed by atoms with Crippen molar-refractivity contribution in [3.63, 3.8) is 0 Å². The Morgan fingerprint density at radius 3 is 2.65 bits per heavy atom. The van der Waals surface area contributed by atoms with Gasteiger partial charge in [0.1, 0.15) is 12.4 Å². The monoisotopic (exact) mass is 286 g/mol. The van der Waals surface area contributed by atoms with Crippen molar-refractivity contribution in [2.45, 2.75) is 13.5 Å². The molecular formula is C16H18N2OS. The first-order valence-electron chi connectivity index (χ1n) is 6.59. The molecule has 2 aromatic carbocycles. The van der Waals surface area contributed by atoms with Crippen LogP contribution >= 0.6 is 12.2 Å². The summed E-state index contributed by atoms with van der Waals surface area (Å²) in [7, 11) is 0. The van der Waals surface area contributed by atoms with E-state index in [0.717, 1.165) is 23.5 Å². The van der Waals surface area contributed by atoms with Crippen LogP contribution in [0.2, 0.25) is 0 Å². The highest BCUT2D eigenvalue weighted by Crippen LogP contribution is 2.18. The molecule has 0 aliphatic carbocycles. The first kappa shape index (κ1) is 14.3. The van der Waals surface area contributed by atoms with Gasteiger partial charge in [-0.25, -0.2) is 0 Å². The van der Waals surface area contributed by atoms with Gasteiger partial charge in [0.05, 0.1) is 0 Å². The predicted molar refractivity (Wildman–Crippen MR) is 87.1 cm³/mol. The normalized spacial score (nSPS) is 9.85. The van der Waals surface area contributed by atoms with Crippen molar-refractivity contribution in [2.75, 3.05) is 11.9 Å². The van der Waals surface area contributed by atoms with Gasteiger partial charge >= 0.3 is 0 Å². The summed E-state index contributed by atoms with van der Waals surface area (Å²) in [4.78, 5) is 0.